The highest BCUT2D eigenvalue weighted by Crippen LogP contribution is 2.14. The minimum atomic E-state index is 0. The van der Waals surface area contributed by atoms with Crippen molar-refractivity contribution >= 4 is 12.4 Å². The minimum Gasteiger partial charge on any atom is -0.374 e. The van der Waals surface area contributed by atoms with E-state index in [1.54, 1.807) is 0 Å². The van der Waals surface area contributed by atoms with Crippen LogP contribution in [0.15, 0.2) is 42.6 Å². The molecule has 1 fully saturated rings. The molecule has 1 aromatic heterocycles. The largest absolute Gasteiger partial charge is 0.374 e. The van der Waals surface area contributed by atoms with E-state index in [9.17, 15) is 0 Å². The Hall–Kier alpha value is -1.40. The fourth-order valence-corrected chi connectivity index (χ4v) is 2.55. The first-order chi connectivity index (χ1) is 9.86. The van der Waals surface area contributed by atoms with Gasteiger partial charge in [0.2, 0.25) is 0 Å². The third-order valence-electron chi connectivity index (χ3n) is 3.59. The van der Waals surface area contributed by atoms with Crippen LogP contribution in [-0.2, 0) is 11.3 Å². The third kappa shape index (κ3) is 3.83. The molecule has 2 N–H and O–H groups in total. The van der Waals surface area contributed by atoms with Gasteiger partial charge in [0, 0.05) is 32.4 Å². The highest BCUT2D eigenvalue weighted by atomic mass is 35.5. The summed E-state index contributed by atoms with van der Waals surface area (Å²) in [5.41, 5.74) is 7.97. The van der Waals surface area contributed by atoms with Gasteiger partial charge in [-0.25, -0.2) is 4.68 Å². The molecule has 3 rings (SSSR count). The van der Waals surface area contributed by atoms with E-state index in [-0.39, 0.29) is 18.5 Å². The SMILES string of the molecule is Cl.NCC1CN(Cc2ccnn2-c2ccccc2)CCO1. The number of para-hydroxylation sites is 1. The maximum absolute atomic E-state index is 5.69. The van der Waals surface area contributed by atoms with Crippen molar-refractivity contribution in [2.45, 2.75) is 12.6 Å². The first-order valence-electron chi connectivity index (χ1n) is 6.99. The van der Waals surface area contributed by atoms with Gasteiger partial charge in [-0.3, -0.25) is 4.90 Å². The molecule has 6 heteroatoms. The zero-order valence-electron chi connectivity index (χ0n) is 11.9. The van der Waals surface area contributed by atoms with E-state index in [2.05, 4.69) is 28.2 Å². The van der Waals surface area contributed by atoms with Crippen molar-refractivity contribution in [2.75, 3.05) is 26.2 Å². The van der Waals surface area contributed by atoms with Crippen molar-refractivity contribution in [3.8, 4) is 5.69 Å². The van der Waals surface area contributed by atoms with Crippen LogP contribution in [-0.4, -0.2) is 47.0 Å². The highest BCUT2D eigenvalue weighted by Gasteiger charge is 2.20. The van der Waals surface area contributed by atoms with Crippen molar-refractivity contribution in [2.24, 2.45) is 5.73 Å². The standard InChI is InChI=1S/C15H20N4O.ClH/c16-10-15-12-18(8-9-20-15)11-14-6-7-17-19(14)13-4-2-1-3-5-13;/h1-7,15H,8-12,16H2;1H. The van der Waals surface area contributed by atoms with Gasteiger partial charge in [-0.15, -0.1) is 12.4 Å². The van der Waals surface area contributed by atoms with Crippen LogP contribution in [0.25, 0.3) is 5.69 Å². The number of benzene rings is 1. The van der Waals surface area contributed by atoms with Gasteiger partial charge >= 0.3 is 0 Å². The normalized spacial score (nSPS) is 19.2. The van der Waals surface area contributed by atoms with Gasteiger partial charge < -0.3 is 10.5 Å². The zero-order chi connectivity index (χ0) is 13.8. The first-order valence-corrected chi connectivity index (χ1v) is 6.99. The summed E-state index contributed by atoms with van der Waals surface area (Å²) in [6.45, 7) is 4.03. The molecule has 0 aliphatic carbocycles. The van der Waals surface area contributed by atoms with Gasteiger partial charge in [-0.1, -0.05) is 18.2 Å². The Labute approximate surface area is 131 Å². The Bertz CT molecular complexity index is 546. The van der Waals surface area contributed by atoms with Crippen LogP contribution in [0.1, 0.15) is 5.69 Å². The molecule has 21 heavy (non-hydrogen) atoms. The Morgan fingerprint density at radius 1 is 1.24 bits per heavy atom. The van der Waals surface area contributed by atoms with E-state index in [0.717, 1.165) is 31.9 Å². The average molecular weight is 309 g/mol. The molecule has 1 saturated heterocycles. The lowest BCUT2D eigenvalue weighted by Gasteiger charge is -2.32. The van der Waals surface area contributed by atoms with Crippen LogP contribution in [0.3, 0.4) is 0 Å². The lowest BCUT2D eigenvalue weighted by Crippen LogP contribution is -2.45. The molecule has 2 aromatic rings. The minimum absolute atomic E-state index is 0. The molecule has 5 nitrogen and oxygen atoms in total. The Morgan fingerprint density at radius 3 is 2.81 bits per heavy atom. The molecule has 1 aromatic carbocycles. The molecule has 114 valence electrons. The molecule has 0 amide bonds. The number of hydrogen-bond acceptors (Lipinski definition) is 4. The van der Waals surface area contributed by atoms with E-state index in [1.807, 2.05) is 29.1 Å². The molecule has 1 aliphatic heterocycles. The molecular weight excluding hydrogens is 288 g/mol. The maximum atomic E-state index is 5.69. The Morgan fingerprint density at radius 2 is 2.05 bits per heavy atom. The fourth-order valence-electron chi connectivity index (χ4n) is 2.55. The van der Waals surface area contributed by atoms with Gasteiger partial charge in [-0.2, -0.15) is 5.10 Å². The predicted octanol–water partition coefficient (Wildman–Crippen LogP) is 1.45. The van der Waals surface area contributed by atoms with E-state index >= 15 is 0 Å². The van der Waals surface area contributed by atoms with Crippen LogP contribution >= 0.6 is 12.4 Å². The van der Waals surface area contributed by atoms with Crippen LogP contribution in [0.4, 0.5) is 0 Å². The molecule has 1 atom stereocenters. The number of halogens is 1. The van der Waals surface area contributed by atoms with Crippen LogP contribution < -0.4 is 5.73 Å². The summed E-state index contributed by atoms with van der Waals surface area (Å²) in [6.07, 6.45) is 2.00. The van der Waals surface area contributed by atoms with Crippen LogP contribution in [0.5, 0.6) is 0 Å². The lowest BCUT2D eigenvalue weighted by molar-refractivity contribution is -0.0266. The molecule has 1 aliphatic rings. The van der Waals surface area contributed by atoms with E-state index in [4.69, 9.17) is 10.5 Å². The predicted molar refractivity (Wildman–Crippen MR) is 84.9 cm³/mol. The van der Waals surface area contributed by atoms with E-state index < -0.39 is 0 Å². The zero-order valence-corrected chi connectivity index (χ0v) is 12.7. The number of nitrogens with two attached hydrogens (primary N) is 1. The second kappa shape index (κ2) is 7.56. The number of hydrogen-bond donors (Lipinski definition) is 1. The lowest BCUT2D eigenvalue weighted by atomic mass is 10.2. The summed E-state index contributed by atoms with van der Waals surface area (Å²) in [7, 11) is 0. The molecule has 2 heterocycles. The number of aromatic nitrogens is 2. The van der Waals surface area contributed by atoms with Gasteiger partial charge in [0.25, 0.3) is 0 Å². The Kier molecular flexibility index (Phi) is 5.76. The van der Waals surface area contributed by atoms with Gasteiger partial charge in [0.1, 0.15) is 0 Å². The van der Waals surface area contributed by atoms with Crippen molar-refractivity contribution in [3.63, 3.8) is 0 Å². The molecular formula is C15H21ClN4O. The maximum Gasteiger partial charge on any atom is 0.0824 e. The van der Waals surface area contributed by atoms with Crippen molar-refractivity contribution in [1.82, 2.24) is 14.7 Å². The number of rotatable bonds is 4. The second-order valence-corrected chi connectivity index (χ2v) is 5.03. The first kappa shape index (κ1) is 16.0. The summed E-state index contributed by atoms with van der Waals surface area (Å²) < 4.78 is 7.60. The summed E-state index contributed by atoms with van der Waals surface area (Å²) >= 11 is 0. The molecule has 0 bridgehead atoms. The summed E-state index contributed by atoms with van der Waals surface area (Å²) in [4.78, 5) is 2.37. The van der Waals surface area contributed by atoms with Crippen LogP contribution in [0.2, 0.25) is 0 Å². The van der Waals surface area contributed by atoms with Crippen molar-refractivity contribution in [3.05, 3.63) is 48.3 Å². The second-order valence-electron chi connectivity index (χ2n) is 5.03. The van der Waals surface area contributed by atoms with E-state index in [0.29, 0.717) is 6.54 Å². The third-order valence-corrected chi connectivity index (χ3v) is 3.59. The van der Waals surface area contributed by atoms with Crippen molar-refractivity contribution < 1.29 is 4.74 Å². The quantitative estimate of drug-likeness (QED) is 0.929. The Balaban J connectivity index is 0.00000161. The smallest absolute Gasteiger partial charge is 0.0824 e. The van der Waals surface area contributed by atoms with Crippen LogP contribution in [0, 0.1) is 0 Å². The fraction of sp³-hybridized carbons (Fsp3) is 0.400. The average Bonchev–Trinajstić information content (AvgIpc) is 2.96. The van der Waals surface area contributed by atoms with Gasteiger partial charge in [0.05, 0.1) is 24.1 Å². The number of nitrogens with zero attached hydrogens (tertiary/aromatic N) is 3. The van der Waals surface area contributed by atoms with Gasteiger partial charge in [-0.05, 0) is 18.2 Å². The summed E-state index contributed by atoms with van der Waals surface area (Å²) in [6, 6.07) is 12.3. The topological polar surface area (TPSA) is 56.3 Å². The summed E-state index contributed by atoms with van der Waals surface area (Å²) in [5, 5.41) is 4.43. The van der Waals surface area contributed by atoms with E-state index in [1.165, 1.54) is 5.69 Å². The monoisotopic (exact) mass is 308 g/mol. The molecule has 0 spiro atoms. The number of morpholine rings is 1. The van der Waals surface area contributed by atoms with Crippen molar-refractivity contribution in [1.29, 1.82) is 0 Å². The molecule has 0 saturated carbocycles. The molecule has 0 radical (unpaired) electrons. The highest BCUT2D eigenvalue weighted by molar-refractivity contribution is 5.85. The van der Waals surface area contributed by atoms with Gasteiger partial charge in [0.15, 0.2) is 0 Å². The molecule has 1 unspecified atom stereocenters. The number of ether oxygens (including phenoxy) is 1. The summed E-state index contributed by atoms with van der Waals surface area (Å²) in [5.74, 6) is 0.